The van der Waals surface area contributed by atoms with Crippen molar-refractivity contribution in [3.63, 3.8) is 0 Å². The smallest absolute Gasteiger partial charge is 0.275 e. The van der Waals surface area contributed by atoms with Gasteiger partial charge < -0.3 is 4.42 Å². The molecule has 20 heavy (non-hydrogen) atoms. The van der Waals surface area contributed by atoms with Crippen molar-refractivity contribution in [3.8, 4) is 0 Å². The van der Waals surface area contributed by atoms with Gasteiger partial charge >= 0.3 is 0 Å². The summed E-state index contributed by atoms with van der Waals surface area (Å²) in [7, 11) is -3.89. The van der Waals surface area contributed by atoms with Gasteiger partial charge in [0.15, 0.2) is 4.21 Å². The molecule has 0 saturated heterocycles. The second kappa shape index (κ2) is 5.59. The molecule has 0 radical (unpaired) electrons. The molecule has 0 saturated carbocycles. The molecule has 6 nitrogen and oxygen atoms in total. The summed E-state index contributed by atoms with van der Waals surface area (Å²) in [6.45, 7) is 3.29. The van der Waals surface area contributed by atoms with E-state index < -0.39 is 15.9 Å². The summed E-state index contributed by atoms with van der Waals surface area (Å²) in [6, 6.07) is 3.31. The normalized spacial score (nSPS) is 11.9. The minimum atomic E-state index is -3.89. The molecule has 0 aliphatic heterocycles. The van der Waals surface area contributed by atoms with Crippen molar-refractivity contribution in [1.82, 2.24) is 9.71 Å². The topological polar surface area (TPSA) is 89.3 Å². The number of carbonyl (C=O) groups is 1. The van der Waals surface area contributed by atoms with Gasteiger partial charge in [-0.1, -0.05) is 0 Å². The highest BCUT2D eigenvalue weighted by Gasteiger charge is 2.22. The lowest BCUT2D eigenvalue weighted by Gasteiger charge is -2.02. The third-order valence-electron chi connectivity index (χ3n) is 2.28. The van der Waals surface area contributed by atoms with Crippen molar-refractivity contribution < 1.29 is 17.6 Å². The minimum Gasteiger partial charge on any atom is -0.465 e. The minimum absolute atomic E-state index is 0.0507. The average molecular weight is 312 g/mol. The number of hydrogen-bond donors (Lipinski definition) is 1. The van der Waals surface area contributed by atoms with Crippen molar-refractivity contribution in [3.05, 3.63) is 40.9 Å². The molecule has 0 atom stereocenters. The second-order valence-electron chi connectivity index (χ2n) is 3.92. The number of nitrogens with one attached hydrogen (secondary N) is 1. The Labute approximate surface area is 120 Å². The van der Waals surface area contributed by atoms with Crippen LogP contribution in [0.5, 0.6) is 0 Å². The van der Waals surface area contributed by atoms with E-state index >= 15 is 0 Å². The SMILES string of the molecule is Cc1nc(C)c(S(=O)(=O)NC(=O)/C=C/c2ccco2)s1. The highest BCUT2D eigenvalue weighted by Crippen LogP contribution is 2.22. The summed E-state index contributed by atoms with van der Waals surface area (Å²) >= 11 is 1.02. The molecule has 0 aliphatic carbocycles. The lowest BCUT2D eigenvalue weighted by atomic mass is 10.4. The number of furan rings is 1. The molecule has 1 N–H and O–H groups in total. The highest BCUT2D eigenvalue weighted by molar-refractivity contribution is 7.92. The van der Waals surface area contributed by atoms with Crippen LogP contribution >= 0.6 is 11.3 Å². The first-order valence-electron chi connectivity index (χ1n) is 5.61. The molecule has 2 aromatic heterocycles. The number of sulfonamides is 1. The fourth-order valence-corrected chi connectivity index (χ4v) is 3.95. The zero-order chi connectivity index (χ0) is 14.8. The van der Waals surface area contributed by atoms with Gasteiger partial charge in [0.1, 0.15) is 5.76 Å². The summed E-state index contributed by atoms with van der Waals surface area (Å²) in [5, 5.41) is 0.626. The number of amides is 1. The highest BCUT2D eigenvalue weighted by atomic mass is 32.2. The summed E-state index contributed by atoms with van der Waals surface area (Å²) in [4.78, 5) is 15.6. The third-order valence-corrected chi connectivity index (χ3v) is 5.31. The zero-order valence-corrected chi connectivity index (χ0v) is 12.4. The van der Waals surface area contributed by atoms with E-state index in [9.17, 15) is 13.2 Å². The number of rotatable bonds is 4. The lowest BCUT2D eigenvalue weighted by Crippen LogP contribution is -2.28. The largest absolute Gasteiger partial charge is 0.465 e. The van der Waals surface area contributed by atoms with E-state index in [-0.39, 0.29) is 4.21 Å². The predicted octanol–water partition coefficient (Wildman–Crippen LogP) is 1.87. The van der Waals surface area contributed by atoms with E-state index in [1.54, 1.807) is 26.0 Å². The zero-order valence-electron chi connectivity index (χ0n) is 10.8. The van der Waals surface area contributed by atoms with Crippen LogP contribution in [-0.2, 0) is 14.8 Å². The maximum atomic E-state index is 12.0. The molecule has 0 aromatic carbocycles. The molecule has 8 heteroatoms. The van der Waals surface area contributed by atoms with Gasteiger partial charge in [-0.15, -0.1) is 11.3 Å². The van der Waals surface area contributed by atoms with Gasteiger partial charge in [-0.05, 0) is 32.1 Å². The number of hydrogen-bond acceptors (Lipinski definition) is 6. The molecule has 0 bridgehead atoms. The Kier molecular flexibility index (Phi) is 4.05. The maximum absolute atomic E-state index is 12.0. The standard InChI is InChI=1S/C12H12N2O4S2/c1-8-12(19-9(2)13-8)20(16,17)14-11(15)6-5-10-4-3-7-18-10/h3-7H,1-2H3,(H,14,15)/b6-5+. The van der Waals surface area contributed by atoms with E-state index in [0.717, 1.165) is 17.4 Å². The number of nitrogens with zero attached hydrogens (tertiary/aromatic N) is 1. The van der Waals surface area contributed by atoms with Crippen LogP contribution in [0.25, 0.3) is 6.08 Å². The van der Waals surface area contributed by atoms with Crippen LogP contribution in [0.15, 0.2) is 33.1 Å². The number of thiazole rings is 1. The Morgan fingerprint density at radius 1 is 1.45 bits per heavy atom. The third kappa shape index (κ3) is 3.34. The quantitative estimate of drug-likeness (QED) is 0.871. The first-order chi connectivity index (χ1) is 9.38. The fourth-order valence-electron chi connectivity index (χ4n) is 1.52. The Bertz CT molecular complexity index is 743. The second-order valence-corrected chi connectivity index (χ2v) is 7.01. The monoisotopic (exact) mass is 312 g/mol. The predicted molar refractivity (Wildman–Crippen MR) is 74.7 cm³/mol. The Morgan fingerprint density at radius 3 is 2.75 bits per heavy atom. The molecule has 0 fully saturated rings. The lowest BCUT2D eigenvalue weighted by molar-refractivity contribution is -0.114. The van der Waals surface area contributed by atoms with Gasteiger partial charge in [-0.2, -0.15) is 0 Å². The molecule has 1 amide bonds. The van der Waals surface area contributed by atoms with E-state index in [4.69, 9.17) is 4.42 Å². The van der Waals surface area contributed by atoms with Crippen molar-refractivity contribution in [2.45, 2.75) is 18.1 Å². The van der Waals surface area contributed by atoms with Gasteiger partial charge in [0.05, 0.1) is 17.0 Å². The summed E-state index contributed by atoms with van der Waals surface area (Å²) in [5.41, 5.74) is 0.378. The van der Waals surface area contributed by atoms with E-state index in [0.29, 0.717) is 16.5 Å². The molecule has 106 valence electrons. The van der Waals surface area contributed by atoms with Crippen molar-refractivity contribution in [2.24, 2.45) is 0 Å². The van der Waals surface area contributed by atoms with Crippen molar-refractivity contribution >= 4 is 33.3 Å². The van der Waals surface area contributed by atoms with E-state index in [2.05, 4.69) is 4.98 Å². The summed E-state index contributed by atoms with van der Waals surface area (Å²) < 4.78 is 31.1. The molecule has 2 rings (SSSR count). The van der Waals surface area contributed by atoms with E-state index in [1.165, 1.54) is 12.3 Å². The average Bonchev–Trinajstić information content (AvgIpc) is 2.95. The van der Waals surface area contributed by atoms with Gasteiger partial charge in [-0.3, -0.25) is 4.79 Å². The molecular formula is C12H12N2O4S2. The van der Waals surface area contributed by atoms with Crippen molar-refractivity contribution in [1.29, 1.82) is 0 Å². The summed E-state index contributed by atoms with van der Waals surface area (Å²) in [6.07, 6.45) is 3.94. The first kappa shape index (κ1) is 14.5. The Hall–Kier alpha value is -1.93. The molecule has 0 aliphatic rings. The van der Waals surface area contributed by atoms with Crippen LogP contribution in [0.4, 0.5) is 0 Å². The molecule has 2 heterocycles. The Morgan fingerprint density at radius 2 is 2.20 bits per heavy atom. The van der Waals surface area contributed by atoms with Gasteiger partial charge in [0.2, 0.25) is 0 Å². The molecule has 0 spiro atoms. The Balaban J connectivity index is 2.12. The van der Waals surface area contributed by atoms with Crippen LogP contribution in [0.3, 0.4) is 0 Å². The maximum Gasteiger partial charge on any atom is 0.275 e. The van der Waals surface area contributed by atoms with Gasteiger partial charge in [-0.25, -0.2) is 18.1 Å². The number of carbonyl (C=O) groups excluding carboxylic acids is 1. The van der Waals surface area contributed by atoms with Crippen molar-refractivity contribution in [2.75, 3.05) is 0 Å². The van der Waals surface area contributed by atoms with E-state index in [1.807, 2.05) is 4.72 Å². The van der Waals surface area contributed by atoms with Crippen LogP contribution in [0, 0.1) is 13.8 Å². The van der Waals surface area contributed by atoms with Crippen LogP contribution < -0.4 is 4.72 Å². The molecular weight excluding hydrogens is 300 g/mol. The number of aryl methyl sites for hydroxylation is 2. The summed E-state index contributed by atoms with van der Waals surface area (Å²) in [5.74, 6) is -0.283. The van der Waals surface area contributed by atoms with Crippen LogP contribution in [0.2, 0.25) is 0 Å². The molecule has 2 aromatic rings. The van der Waals surface area contributed by atoms with Crippen LogP contribution in [-0.4, -0.2) is 19.3 Å². The molecule has 0 unspecified atom stereocenters. The number of aromatic nitrogens is 1. The fraction of sp³-hybridized carbons (Fsp3) is 0.167. The first-order valence-corrected chi connectivity index (χ1v) is 7.91. The van der Waals surface area contributed by atoms with Gasteiger partial charge in [0.25, 0.3) is 15.9 Å². The van der Waals surface area contributed by atoms with Crippen LogP contribution in [0.1, 0.15) is 16.5 Å². The van der Waals surface area contributed by atoms with Gasteiger partial charge in [0, 0.05) is 6.08 Å².